The predicted octanol–water partition coefficient (Wildman–Crippen LogP) is 2.40. The largest absolute Gasteiger partial charge is 0.481 e. The van der Waals surface area contributed by atoms with Crippen LogP contribution >= 0.6 is 0 Å². The lowest BCUT2D eigenvalue weighted by Gasteiger charge is -2.25. The topological polar surface area (TPSA) is 75.6 Å². The van der Waals surface area contributed by atoms with Gasteiger partial charge in [0.15, 0.2) is 0 Å². The molecule has 0 aromatic rings. The zero-order valence-corrected chi connectivity index (χ0v) is 11.2. The summed E-state index contributed by atoms with van der Waals surface area (Å²) in [4.78, 5) is 22.4. The first-order valence-electron chi connectivity index (χ1n) is 5.89. The van der Waals surface area contributed by atoms with Crippen molar-refractivity contribution in [3.8, 4) is 0 Å². The molecule has 5 heteroatoms. The third kappa shape index (κ3) is 6.81. The van der Waals surface area contributed by atoms with Crippen molar-refractivity contribution in [3.05, 3.63) is 0 Å². The number of carbonyl (C=O) groups is 2. The Morgan fingerprint density at radius 3 is 2.24 bits per heavy atom. The van der Waals surface area contributed by atoms with Gasteiger partial charge in [0.05, 0.1) is 5.92 Å². The number of hydrogen-bond donors (Lipinski definition) is 2. The molecule has 0 rings (SSSR count). The van der Waals surface area contributed by atoms with Crippen LogP contribution in [0.15, 0.2) is 0 Å². The van der Waals surface area contributed by atoms with Crippen molar-refractivity contribution in [1.82, 2.24) is 5.32 Å². The minimum atomic E-state index is -0.917. The number of nitrogens with one attached hydrogen (secondary N) is 1. The van der Waals surface area contributed by atoms with Crippen LogP contribution in [-0.2, 0) is 9.53 Å². The quantitative estimate of drug-likeness (QED) is 0.779. The Hall–Kier alpha value is -1.26. The summed E-state index contributed by atoms with van der Waals surface area (Å²) in [6, 6.07) is -0.396. The van der Waals surface area contributed by atoms with Crippen LogP contribution in [0.1, 0.15) is 47.5 Å². The summed E-state index contributed by atoms with van der Waals surface area (Å²) in [7, 11) is 0. The number of aliphatic carboxylic acids is 1. The van der Waals surface area contributed by atoms with Crippen LogP contribution in [0.2, 0.25) is 0 Å². The van der Waals surface area contributed by atoms with Crippen molar-refractivity contribution >= 4 is 12.1 Å². The number of ether oxygens (including phenoxy) is 1. The van der Waals surface area contributed by atoms with E-state index >= 15 is 0 Å². The molecule has 0 radical (unpaired) electrons. The predicted molar refractivity (Wildman–Crippen MR) is 64.9 cm³/mol. The molecule has 2 atom stereocenters. The normalized spacial score (nSPS) is 14.9. The minimum absolute atomic E-state index is 0.396. The van der Waals surface area contributed by atoms with E-state index in [2.05, 4.69) is 5.32 Å². The van der Waals surface area contributed by atoms with Crippen LogP contribution < -0.4 is 5.32 Å². The van der Waals surface area contributed by atoms with E-state index in [9.17, 15) is 9.59 Å². The van der Waals surface area contributed by atoms with Crippen LogP contribution in [0.25, 0.3) is 0 Å². The van der Waals surface area contributed by atoms with Gasteiger partial charge in [-0.2, -0.15) is 0 Å². The summed E-state index contributed by atoms with van der Waals surface area (Å²) in [6.45, 7) is 8.82. The van der Waals surface area contributed by atoms with Gasteiger partial charge in [0.25, 0.3) is 0 Å². The molecule has 0 bridgehead atoms. The zero-order valence-electron chi connectivity index (χ0n) is 11.2. The van der Waals surface area contributed by atoms with E-state index in [1.54, 1.807) is 27.7 Å². The van der Waals surface area contributed by atoms with E-state index < -0.39 is 29.6 Å². The number of hydrogen-bond acceptors (Lipinski definition) is 3. The lowest BCUT2D eigenvalue weighted by atomic mass is 9.98. The molecule has 0 unspecified atom stereocenters. The molecule has 0 aliphatic rings. The molecule has 0 heterocycles. The second kappa shape index (κ2) is 6.47. The van der Waals surface area contributed by atoms with Gasteiger partial charge in [-0.25, -0.2) is 4.79 Å². The van der Waals surface area contributed by atoms with Gasteiger partial charge in [-0.3, -0.25) is 4.79 Å². The Morgan fingerprint density at radius 2 is 1.88 bits per heavy atom. The molecular formula is C12H23NO4. The summed E-state index contributed by atoms with van der Waals surface area (Å²) in [5.74, 6) is -1.54. The smallest absolute Gasteiger partial charge is 0.407 e. The number of alkyl carbamates (subject to hydrolysis) is 1. The van der Waals surface area contributed by atoms with Crippen molar-refractivity contribution in [2.75, 3.05) is 0 Å². The molecule has 17 heavy (non-hydrogen) atoms. The molecule has 1 amide bonds. The maximum absolute atomic E-state index is 11.5. The van der Waals surface area contributed by atoms with E-state index in [-0.39, 0.29) is 0 Å². The van der Waals surface area contributed by atoms with E-state index in [0.29, 0.717) is 6.42 Å². The van der Waals surface area contributed by atoms with Gasteiger partial charge < -0.3 is 15.2 Å². The Kier molecular flexibility index (Phi) is 5.99. The van der Waals surface area contributed by atoms with Crippen LogP contribution in [0.5, 0.6) is 0 Å². The first-order valence-corrected chi connectivity index (χ1v) is 5.89. The van der Waals surface area contributed by atoms with Crippen molar-refractivity contribution in [1.29, 1.82) is 0 Å². The van der Waals surface area contributed by atoms with Gasteiger partial charge in [-0.1, -0.05) is 13.3 Å². The van der Waals surface area contributed by atoms with Crippen molar-refractivity contribution in [3.63, 3.8) is 0 Å². The van der Waals surface area contributed by atoms with Crippen molar-refractivity contribution in [2.45, 2.75) is 59.1 Å². The van der Waals surface area contributed by atoms with Crippen LogP contribution in [0, 0.1) is 5.92 Å². The fraction of sp³-hybridized carbons (Fsp3) is 0.833. The van der Waals surface area contributed by atoms with Gasteiger partial charge >= 0.3 is 12.1 Å². The molecule has 0 saturated heterocycles. The van der Waals surface area contributed by atoms with Crippen LogP contribution in [0.4, 0.5) is 4.79 Å². The third-order valence-corrected chi connectivity index (χ3v) is 2.29. The first kappa shape index (κ1) is 15.7. The zero-order chi connectivity index (χ0) is 13.6. The lowest BCUT2D eigenvalue weighted by Crippen LogP contribution is -2.44. The van der Waals surface area contributed by atoms with Gasteiger partial charge in [-0.05, 0) is 34.1 Å². The van der Waals surface area contributed by atoms with Gasteiger partial charge in [-0.15, -0.1) is 0 Å². The lowest BCUT2D eigenvalue weighted by molar-refractivity contribution is -0.142. The molecule has 0 fully saturated rings. The number of rotatable bonds is 5. The summed E-state index contributed by atoms with van der Waals surface area (Å²) in [6.07, 6.45) is 0.856. The molecule has 0 spiro atoms. The highest BCUT2D eigenvalue weighted by atomic mass is 16.6. The molecule has 0 saturated carbocycles. The van der Waals surface area contributed by atoms with Gasteiger partial charge in [0, 0.05) is 6.04 Å². The highest BCUT2D eigenvalue weighted by Crippen LogP contribution is 2.12. The van der Waals surface area contributed by atoms with E-state index in [1.165, 1.54) is 0 Å². The summed E-state index contributed by atoms with van der Waals surface area (Å²) in [5.41, 5.74) is -0.576. The standard InChI is InChI=1S/C12H23NO4/c1-6-7-9(8(2)10(14)15)13-11(16)17-12(3,4)5/h8-9H,6-7H2,1-5H3,(H,13,16)(H,14,15)/t8-,9-/m1/s1. The fourth-order valence-electron chi connectivity index (χ4n) is 1.39. The first-order chi connectivity index (χ1) is 7.67. The molecular weight excluding hydrogens is 222 g/mol. The highest BCUT2D eigenvalue weighted by Gasteiger charge is 2.26. The number of carboxylic acids is 1. The maximum Gasteiger partial charge on any atom is 0.407 e. The summed E-state index contributed by atoms with van der Waals surface area (Å²) in [5, 5.41) is 11.5. The maximum atomic E-state index is 11.5. The average Bonchev–Trinajstić information content (AvgIpc) is 2.12. The Labute approximate surface area is 103 Å². The molecule has 0 aliphatic carbocycles. The Morgan fingerprint density at radius 1 is 1.35 bits per heavy atom. The Bertz CT molecular complexity index is 270. The highest BCUT2D eigenvalue weighted by molar-refractivity contribution is 5.73. The van der Waals surface area contributed by atoms with Crippen molar-refractivity contribution < 1.29 is 19.4 Å². The monoisotopic (exact) mass is 245 g/mol. The van der Waals surface area contributed by atoms with Crippen molar-refractivity contribution in [2.24, 2.45) is 5.92 Å². The molecule has 5 nitrogen and oxygen atoms in total. The SMILES string of the molecule is CCC[C@@H](NC(=O)OC(C)(C)C)[C@@H](C)C(=O)O. The molecule has 0 aromatic heterocycles. The van der Waals surface area contributed by atoms with E-state index in [1.807, 2.05) is 6.92 Å². The molecule has 100 valence electrons. The Balaban J connectivity index is 4.44. The van der Waals surface area contributed by atoms with E-state index in [0.717, 1.165) is 6.42 Å². The summed E-state index contributed by atoms with van der Waals surface area (Å²) < 4.78 is 5.10. The number of amides is 1. The van der Waals surface area contributed by atoms with Gasteiger partial charge in [0.1, 0.15) is 5.60 Å². The molecule has 0 aliphatic heterocycles. The van der Waals surface area contributed by atoms with Crippen LogP contribution in [0.3, 0.4) is 0 Å². The second-order valence-electron chi connectivity index (χ2n) is 5.17. The third-order valence-electron chi connectivity index (χ3n) is 2.29. The number of carboxylic acid groups (broad SMARTS) is 1. The summed E-state index contributed by atoms with van der Waals surface area (Å²) >= 11 is 0. The molecule has 2 N–H and O–H groups in total. The van der Waals surface area contributed by atoms with Crippen LogP contribution in [-0.4, -0.2) is 28.8 Å². The van der Waals surface area contributed by atoms with Gasteiger partial charge in [0.2, 0.25) is 0 Å². The van der Waals surface area contributed by atoms with E-state index in [4.69, 9.17) is 9.84 Å². The average molecular weight is 245 g/mol. The fourth-order valence-corrected chi connectivity index (χ4v) is 1.39. The number of carbonyl (C=O) groups excluding carboxylic acids is 1. The minimum Gasteiger partial charge on any atom is -0.481 e. The second-order valence-corrected chi connectivity index (χ2v) is 5.17. The molecule has 0 aromatic carbocycles.